The average molecular weight is 340 g/mol. The fourth-order valence-electron chi connectivity index (χ4n) is 3.19. The zero-order chi connectivity index (χ0) is 18.3. The van der Waals surface area contributed by atoms with Crippen molar-refractivity contribution < 1.29 is 9.13 Å². The molecule has 0 bridgehead atoms. The molecule has 1 aliphatic heterocycles. The molecule has 0 saturated heterocycles. The molecular weight excluding hydrogens is 315 g/mol. The lowest BCUT2D eigenvalue weighted by atomic mass is 9.81. The molecule has 3 rings (SSSR count). The van der Waals surface area contributed by atoms with Crippen molar-refractivity contribution in [3.05, 3.63) is 70.5 Å². The van der Waals surface area contributed by atoms with E-state index in [0.29, 0.717) is 12.2 Å². The van der Waals surface area contributed by atoms with Crippen LogP contribution < -0.4 is 5.32 Å². The van der Waals surface area contributed by atoms with E-state index in [-0.39, 0.29) is 5.82 Å². The van der Waals surface area contributed by atoms with Crippen molar-refractivity contribution >= 4 is 0 Å². The molecule has 1 atom stereocenters. The molecule has 2 aromatic rings. The third-order valence-corrected chi connectivity index (χ3v) is 4.34. The first-order valence-corrected chi connectivity index (χ1v) is 8.63. The Hall–Kier alpha value is -2.22. The van der Waals surface area contributed by atoms with Crippen LogP contribution in [0.2, 0.25) is 0 Å². The molecule has 1 heterocycles. The Bertz CT molecular complexity index is 737. The minimum atomic E-state index is -0.521. The van der Waals surface area contributed by atoms with E-state index in [1.54, 1.807) is 12.1 Å². The molecule has 0 radical (unpaired) electrons. The van der Waals surface area contributed by atoms with Crippen LogP contribution >= 0.6 is 0 Å². The van der Waals surface area contributed by atoms with Gasteiger partial charge in [0.15, 0.2) is 0 Å². The Kier molecular flexibility index (Phi) is 6.69. The van der Waals surface area contributed by atoms with Gasteiger partial charge in [-0.05, 0) is 61.5 Å². The van der Waals surface area contributed by atoms with E-state index in [0.717, 1.165) is 36.0 Å². The van der Waals surface area contributed by atoms with Crippen LogP contribution in [0.15, 0.2) is 42.5 Å². The lowest BCUT2D eigenvalue weighted by Crippen LogP contribution is -2.27. The fraction of sp³-hybridized carbons (Fsp3) is 0.381. The Labute approximate surface area is 149 Å². The number of nitrogens with zero attached hydrogens (tertiary/aromatic N) is 1. The van der Waals surface area contributed by atoms with Crippen LogP contribution in [-0.2, 0) is 16.9 Å². The molecule has 3 nitrogen and oxygen atoms in total. The Balaban J connectivity index is 0.000000701. The molecule has 1 aliphatic rings. The fourth-order valence-corrected chi connectivity index (χ4v) is 3.19. The largest absolute Gasteiger partial charge is 0.361 e. The molecule has 1 unspecified atom stereocenters. The SMILES string of the molecule is CCCCC1(c2ccc(F)cc2)OCc2cc(C#N)ccc21.CNC. The summed E-state index contributed by atoms with van der Waals surface area (Å²) in [6.07, 6.45) is 2.95. The summed E-state index contributed by atoms with van der Waals surface area (Å²) in [5.74, 6) is -0.243. The second-order valence-corrected chi connectivity index (χ2v) is 6.21. The van der Waals surface area contributed by atoms with Crippen molar-refractivity contribution in [3.8, 4) is 6.07 Å². The van der Waals surface area contributed by atoms with E-state index in [2.05, 4.69) is 18.3 Å². The third-order valence-electron chi connectivity index (χ3n) is 4.34. The molecule has 0 aromatic heterocycles. The van der Waals surface area contributed by atoms with Crippen molar-refractivity contribution in [1.29, 1.82) is 5.26 Å². The average Bonchev–Trinajstić information content (AvgIpc) is 3.00. The summed E-state index contributed by atoms with van der Waals surface area (Å²) < 4.78 is 19.5. The lowest BCUT2D eigenvalue weighted by molar-refractivity contribution is -0.0131. The van der Waals surface area contributed by atoms with E-state index < -0.39 is 5.60 Å². The first kappa shape index (κ1) is 19.1. The predicted molar refractivity (Wildman–Crippen MR) is 97.6 cm³/mol. The molecule has 0 amide bonds. The van der Waals surface area contributed by atoms with Crippen LogP contribution in [0.1, 0.15) is 48.4 Å². The summed E-state index contributed by atoms with van der Waals surface area (Å²) in [5.41, 5.74) is 3.26. The molecular formula is C21H25FN2O. The number of unbranched alkanes of at least 4 members (excludes halogenated alkanes) is 1. The molecule has 2 aromatic carbocycles. The summed E-state index contributed by atoms with van der Waals surface area (Å²) in [6.45, 7) is 2.64. The van der Waals surface area contributed by atoms with Gasteiger partial charge in [-0.2, -0.15) is 5.26 Å². The minimum Gasteiger partial charge on any atom is -0.361 e. The van der Waals surface area contributed by atoms with Crippen LogP contribution in [-0.4, -0.2) is 14.1 Å². The van der Waals surface area contributed by atoms with E-state index in [4.69, 9.17) is 10.00 Å². The van der Waals surface area contributed by atoms with Crippen molar-refractivity contribution in [3.63, 3.8) is 0 Å². The van der Waals surface area contributed by atoms with E-state index in [1.165, 1.54) is 12.1 Å². The number of hydrogen-bond acceptors (Lipinski definition) is 3. The zero-order valence-electron chi connectivity index (χ0n) is 15.1. The Morgan fingerprint density at radius 3 is 2.48 bits per heavy atom. The smallest absolute Gasteiger partial charge is 0.123 e. The molecule has 132 valence electrons. The number of ether oxygens (including phenoxy) is 1. The minimum absolute atomic E-state index is 0.243. The summed E-state index contributed by atoms with van der Waals surface area (Å²) in [5, 5.41) is 11.8. The van der Waals surface area contributed by atoms with Gasteiger partial charge in [0.2, 0.25) is 0 Å². The second kappa shape index (κ2) is 8.75. The standard InChI is InChI=1S/C19H18FNO.C2H7N/c1-2-3-10-19(16-5-7-17(20)8-6-16)18-9-4-14(12-21)11-15(18)13-22-19;1-3-2/h4-9,11H,2-3,10,13H2,1H3;3H,1-2H3. The van der Waals surface area contributed by atoms with E-state index in [9.17, 15) is 4.39 Å². The number of halogens is 1. The van der Waals surface area contributed by atoms with Gasteiger partial charge >= 0.3 is 0 Å². The van der Waals surface area contributed by atoms with Crippen molar-refractivity contribution in [2.24, 2.45) is 0 Å². The summed E-state index contributed by atoms with van der Waals surface area (Å²) >= 11 is 0. The van der Waals surface area contributed by atoms with Gasteiger partial charge in [0.05, 0.1) is 18.2 Å². The molecule has 0 spiro atoms. The van der Waals surface area contributed by atoms with E-state index >= 15 is 0 Å². The summed E-state index contributed by atoms with van der Waals surface area (Å²) in [4.78, 5) is 0. The monoisotopic (exact) mass is 340 g/mol. The quantitative estimate of drug-likeness (QED) is 0.891. The maximum absolute atomic E-state index is 13.3. The summed E-state index contributed by atoms with van der Waals surface area (Å²) in [7, 11) is 3.75. The molecule has 4 heteroatoms. The third kappa shape index (κ3) is 4.07. The maximum Gasteiger partial charge on any atom is 0.123 e. The predicted octanol–water partition coefficient (Wildman–Crippen LogP) is 4.50. The first-order chi connectivity index (χ1) is 12.1. The molecule has 1 N–H and O–H groups in total. The van der Waals surface area contributed by atoms with Gasteiger partial charge in [0.1, 0.15) is 11.4 Å². The highest BCUT2D eigenvalue weighted by Crippen LogP contribution is 2.45. The maximum atomic E-state index is 13.3. The molecule has 0 saturated carbocycles. The normalized spacial score (nSPS) is 18.0. The van der Waals surface area contributed by atoms with Gasteiger partial charge in [0.25, 0.3) is 0 Å². The number of benzene rings is 2. The highest BCUT2D eigenvalue weighted by molar-refractivity contribution is 5.47. The van der Waals surface area contributed by atoms with Crippen molar-refractivity contribution in [1.82, 2.24) is 5.32 Å². The van der Waals surface area contributed by atoms with Gasteiger partial charge in [-0.15, -0.1) is 0 Å². The van der Waals surface area contributed by atoms with Crippen LogP contribution in [0.4, 0.5) is 4.39 Å². The molecule has 0 aliphatic carbocycles. The lowest BCUT2D eigenvalue weighted by Gasteiger charge is -2.30. The zero-order valence-corrected chi connectivity index (χ0v) is 15.1. The second-order valence-electron chi connectivity index (χ2n) is 6.21. The van der Waals surface area contributed by atoms with Gasteiger partial charge in [-0.25, -0.2) is 4.39 Å². The topological polar surface area (TPSA) is 45.0 Å². The number of nitriles is 1. The number of nitrogens with one attached hydrogen (secondary N) is 1. The van der Waals surface area contributed by atoms with Gasteiger partial charge < -0.3 is 10.1 Å². The summed E-state index contributed by atoms with van der Waals surface area (Å²) in [6, 6.07) is 14.4. The van der Waals surface area contributed by atoms with Gasteiger partial charge in [0, 0.05) is 0 Å². The highest BCUT2D eigenvalue weighted by atomic mass is 19.1. The Morgan fingerprint density at radius 2 is 1.88 bits per heavy atom. The van der Waals surface area contributed by atoms with Gasteiger partial charge in [-0.1, -0.05) is 38.0 Å². The Morgan fingerprint density at radius 1 is 1.20 bits per heavy atom. The van der Waals surface area contributed by atoms with Gasteiger partial charge in [-0.3, -0.25) is 0 Å². The first-order valence-electron chi connectivity index (χ1n) is 8.63. The number of fused-ring (bicyclic) bond motifs is 1. The molecule has 25 heavy (non-hydrogen) atoms. The molecule has 0 fully saturated rings. The van der Waals surface area contributed by atoms with Crippen molar-refractivity contribution in [2.75, 3.05) is 14.1 Å². The van der Waals surface area contributed by atoms with Crippen LogP contribution in [0.3, 0.4) is 0 Å². The highest BCUT2D eigenvalue weighted by Gasteiger charge is 2.41. The number of hydrogen-bond donors (Lipinski definition) is 1. The van der Waals surface area contributed by atoms with Crippen LogP contribution in [0.5, 0.6) is 0 Å². The van der Waals surface area contributed by atoms with Crippen LogP contribution in [0.25, 0.3) is 0 Å². The van der Waals surface area contributed by atoms with Crippen molar-refractivity contribution in [2.45, 2.75) is 38.4 Å². The van der Waals surface area contributed by atoms with E-state index in [1.807, 2.05) is 32.3 Å². The van der Waals surface area contributed by atoms with Crippen LogP contribution in [0, 0.1) is 17.1 Å². The number of rotatable bonds is 4.